The predicted molar refractivity (Wildman–Crippen MR) is 89.2 cm³/mol. The molecule has 0 saturated carbocycles. The number of hydrogen-bond donors (Lipinski definition) is 1. The third-order valence-corrected chi connectivity index (χ3v) is 4.03. The maximum atomic E-state index is 8.29. The lowest BCUT2D eigenvalue weighted by Gasteiger charge is -2.31. The van der Waals surface area contributed by atoms with Crippen LogP contribution in [-0.2, 0) is 0 Å². The summed E-state index contributed by atoms with van der Waals surface area (Å²) in [6.45, 7) is 7.70. The van der Waals surface area contributed by atoms with Gasteiger partial charge in [0, 0.05) is 55.7 Å². The number of allylic oxidation sites excluding steroid dienone is 1. The Morgan fingerprint density at radius 3 is 2.95 bits per heavy atom. The van der Waals surface area contributed by atoms with Crippen molar-refractivity contribution in [3.8, 4) is 0 Å². The summed E-state index contributed by atoms with van der Waals surface area (Å²) in [6.07, 6.45) is 8.12. The molecule has 0 amide bonds. The van der Waals surface area contributed by atoms with Crippen molar-refractivity contribution in [1.29, 1.82) is 0 Å². The summed E-state index contributed by atoms with van der Waals surface area (Å²) in [6, 6.07) is 2.67. The molecule has 0 aromatic carbocycles. The van der Waals surface area contributed by atoms with Crippen LogP contribution in [0.15, 0.2) is 29.8 Å². The molecule has 6 nitrogen and oxygen atoms in total. The second-order valence-electron chi connectivity index (χ2n) is 5.82. The number of azide groups is 1. The standard InChI is InChI=1S/C16H24N6/c1-13-9-15(12-18-10-13)14(2)11-19-16-3-6-22(7-4-16)8-5-20-21-17/h9-12,16,19H,3-8H2,1-2H3/b14-11+. The highest BCUT2D eigenvalue weighted by molar-refractivity contribution is 5.62. The average Bonchev–Trinajstić information content (AvgIpc) is 2.54. The zero-order valence-electron chi connectivity index (χ0n) is 13.4. The van der Waals surface area contributed by atoms with Crippen LogP contribution in [0.5, 0.6) is 0 Å². The molecule has 0 bridgehead atoms. The summed E-state index contributed by atoms with van der Waals surface area (Å²) >= 11 is 0. The number of piperidine rings is 1. The smallest absolute Gasteiger partial charge is 0.0385 e. The quantitative estimate of drug-likeness (QED) is 0.498. The van der Waals surface area contributed by atoms with Crippen molar-refractivity contribution in [2.24, 2.45) is 5.11 Å². The number of aromatic nitrogens is 1. The zero-order chi connectivity index (χ0) is 15.8. The molecule has 1 aromatic rings. The number of hydrogen-bond acceptors (Lipinski definition) is 4. The highest BCUT2D eigenvalue weighted by Crippen LogP contribution is 2.14. The Balaban J connectivity index is 1.78. The maximum absolute atomic E-state index is 8.29. The monoisotopic (exact) mass is 300 g/mol. The van der Waals surface area contributed by atoms with E-state index < -0.39 is 0 Å². The largest absolute Gasteiger partial charge is 0.388 e. The van der Waals surface area contributed by atoms with Gasteiger partial charge in [-0.2, -0.15) is 0 Å². The van der Waals surface area contributed by atoms with Gasteiger partial charge in [0.15, 0.2) is 0 Å². The number of likely N-dealkylation sites (tertiary alicyclic amines) is 1. The molecule has 6 heteroatoms. The van der Waals surface area contributed by atoms with Gasteiger partial charge >= 0.3 is 0 Å². The molecule has 1 aliphatic rings. The Hall–Kier alpha value is -2.04. The van der Waals surface area contributed by atoms with Gasteiger partial charge in [-0.1, -0.05) is 5.11 Å². The fourth-order valence-corrected chi connectivity index (χ4v) is 2.65. The fraction of sp³-hybridized carbons (Fsp3) is 0.562. The highest BCUT2D eigenvalue weighted by Gasteiger charge is 2.17. The van der Waals surface area contributed by atoms with E-state index in [9.17, 15) is 0 Å². The Kier molecular flexibility index (Phi) is 6.25. The van der Waals surface area contributed by atoms with Gasteiger partial charge < -0.3 is 10.2 Å². The molecule has 0 atom stereocenters. The molecule has 22 heavy (non-hydrogen) atoms. The van der Waals surface area contributed by atoms with Crippen LogP contribution < -0.4 is 5.32 Å². The first kappa shape index (κ1) is 16.3. The molecule has 0 radical (unpaired) electrons. The minimum Gasteiger partial charge on any atom is -0.388 e. The Morgan fingerprint density at radius 1 is 1.50 bits per heavy atom. The number of nitrogens with zero attached hydrogens (tertiary/aromatic N) is 5. The highest BCUT2D eigenvalue weighted by atomic mass is 15.2. The van der Waals surface area contributed by atoms with Crippen LogP contribution in [0.3, 0.4) is 0 Å². The van der Waals surface area contributed by atoms with Gasteiger partial charge in [0.25, 0.3) is 0 Å². The lowest BCUT2D eigenvalue weighted by molar-refractivity contribution is 0.209. The first-order valence-electron chi connectivity index (χ1n) is 7.77. The molecule has 1 aliphatic heterocycles. The van der Waals surface area contributed by atoms with Crippen LogP contribution in [0.1, 0.15) is 30.9 Å². The summed E-state index contributed by atoms with van der Waals surface area (Å²) in [5, 5.41) is 7.12. The van der Waals surface area contributed by atoms with Crippen molar-refractivity contribution in [3.05, 3.63) is 46.2 Å². The van der Waals surface area contributed by atoms with E-state index in [4.69, 9.17) is 5.53 Å². The Labute approximate surface area is 131 Å². The minimum absolute atomic E-state index is 0.517. The van der Waals surface area contributed by atoms with E-state index >= 15 is 0 Å². The van der Waals surface area contributed by atoms with Crippen molar-refractivity contribution in [1.82, 2.24) is 15.2 Å². The predicted octanol–water partition coefficient (Wildman–Crippen LogP) is 3.12. The summed E-state index contributed by atoms with van der Waals surface area (Å²) in [5.74, 6) is 0. The van der Waals surface area contributed by atoms with Gasteiger partial charge in [0.1, 0.15) is 0 Å². The molecule has 0 unspecified atom stereocenters. The number of pyridine rings is 1. The molecule has 2 rings (SSSR count). The number of aryl methyl sites for hydroxylation is 1. The van der Waals surface area contributed by atoms with Crippen molar-refractivity contribution < 1.29 is 0 Å². The Bertz CT molecular complexity index is 554. The van der Waals surface area contributed by atoms with E-state index in [0.717, 1.165) is 32.5 Å². The number of nitrogens with one attached hydrogen (secondary N) is 1. The topological polar surface area (TPSA) is 76.9 Å². The van der Waals surface area contributed by atoms with E-state index in [-0.39, 0.29) is 0 Å². The lowest BCUT2D eigenvalue weighted by atomic mass is 10.0. The third-order valence-electron chi connectivity index (χ3n) is 4.03. The van der Waals surface area contributed by atoms with Gasteiger partial charge in [-0.05, 0) is 55.0 Å². The van der Waals surface area contributed by atoms with Gasteiger partial charge in [-0.15, -0.1) is 0 Å². The zero-order valence-corrected chi connectivity index (χ0v) is 13.4. The first-order chi connectivity index (χ1) is 10.7. The molecule has 1 N–H and O–H groups in total. The van der Waals surface area contributed by atoms with Crippen molar-refractivity contribution in [3.63, 3.8) is 0 Å². The molecule has 2 heterocycles. The van der Waals surface area contributed by atoms with Crippen LogP contribution in [0.4, 0.5) is 0 Å². The SMILES string of the molecule is C/C(=C\NC1CCN(CCN=[N+]=[N-])CC1)c1cncc(C)c1. The van der Waals surface area contributed by atoms with E-state index in [1.807, 2.05) is 12.4 Å². The molecule has 0 aliphatic carbocycles. The van der Waals surface area contributed by atoms with Crippen molar-refractivity contribution in [2.75, 3.05) is 26.2 Å². The molecule has 118 valence electrons. The van der Waals surface area contributed by atoms with E-state index in [0.29, 0.717) is 12.6 Å². The van der Waals surface area contributed by atoms with Gasteiger partial charge in [0.05, 0.1) is 0 Å². The average molecular weight is 300 g/mol. The van der Waals surface area contributed by atoms with Crippen LogP contribution >= 0.6 is 0 Å². The molecule has 1 aromatic heterocycles. The normalized spacial score (nSPS) is 17.1. The second-order valence-corrected chi connectivity index (χ2v) is 5.82. The van der Waals surface area contributed by atoms with E-state index in [1.54, 1.807) is 0 Å². The number of rotatable bonds is 6. The van der Waals surface area contributed by atoms with Crippen molar-refractivity contribution >= 4 is 5.57 Å². The van der Waals surface area contributed by atoms with Gasteiger partial charge in [0.2, 0.25) is 0 Å². The molecular formula is C16H24N6. The summed E-state index contributed by atoms with van der Waals surface area (Å²) in [7, 11) is 0. The third kappa shape index (κ3) is 5.06. The van der Waals surface area contributed by atoms with E-state index in [1.165, 1.54) is 16.7 Å². The molecule has 1 fully saturated rings. The summed E-state index contributed by atoms with van der Waals surface area (Å²) in [5.41, 5.74) is 11.8. The maximum Gasteiger partial charge on any atom is 0.0385 e. The summed E-state index contributed by atoms with van der Waals surface area (Å²) in [4.78, 5) is 9.38. The van der Waals surface area contributed by atoms with E-state index in [2.05, 4.69) is 51.3 Å². The fourth-order valence-electron chi connectivity index (χ4n) is 2.65. The minimum atomic E-state index is 0.517. The van der Waals surface area contributed by atoms with Gasteiger partial charge in [-0.25, -0.2) is 0 Å². The van der Waals surface area contributed by atoms with Crippen LogP contribution in [0.25, 0.3) is 16.0 Å². The lowest BCUT2D eigenvalue weighted by Crippen LogP contribution is -2.41. The van der Waals surface area contributed by atoms with Crippen LogP contribution in [0.2, 0.25) is 0 Å². The van der Waals surface area contributed by atoms with Crippen LogP contribution in [0, 0.1) is 6.92 Å². The first-order valence-corrected chi connectivity index (χ1v) is 7.77. The molecule has 1 saturated heterocycles. The molecule has 0 spiro atoms. The Morgan fingerprint density at radius 2 is 2.27 bits per heavy atom. The van der Waals surface area contributed by atoms with Crippen LogP contribution in [-0.4, -0.2) is 42.1 Å². The van der Waals surface area contributed by atoms with Crippen molar-refractivity contribution in [2.45, 2.75) is 32.7 Å². The van der Waals surface area contributed by atoms with Gasteiger partial charge in [-0.3, -0.25) is 4.98 Å². The second kappa shape index (κ2) is 8.41. The molecular weight excluding hydrogens is 276 g/mol. The summed E-state index contributed by atoms with van der Waals surface area (Å²) < 4.78 is 0.